The normalized spacial score (nSPS) is 15.2. The average Bonchev–Trinajstić information content (AvgIpc) is 2.85. The van der Waals surface area contributed by atoms with Crippen molar-refractivity contribution in [1.82, 2.24) is 0 Å². The molecule has 0 unspecified atom stereocenters. The van der Waals surface area contributed by atoms with Crippen LogP contribution in [0.3, 0.4) is 0 Å². The molecule has 152 valence electrons. The number of hydrogen-bond acceptors (Lipinski definition) is 0. The van der Waals surface area contributed by atoms with Crippen molar-refractivity contribution in [3.8, 4) is 11.1 Å². The Morgan fingerprint density at radius 3 is 2.00 bits per heavy atom. The van der Waals surface area contributed by atoms with Crippen LogP contribution in [0.15, 0.2) is 60.7 Å². The molecule has 29 heavy (non-hydrogen) atoms. The van der Waals surface area contributed by atoms with Crippen molar-refractivity contribution in [2.45, 2.75) is 33.1 Å². The quantitative estimate of drug-likeness (QED) is 0.242. The molecule has 3 aromatic rings. The minimum Gasteiger partial charge on any atom is -0.418 e. The summed E-state index contributed by atoms with van der Waals surface area (Å²) in [5, 5.41) is 2.59. The van der Waals surface area contributed by atoms with E-state index in [1.807, 2.05) is 0 Å². The Morgan fingerprint density at radius 1 is 0.828 bits per heavy atom. The molecule has 0 N–H and O–H groups in total. The number of halogens is 4. The summed E-state index contributed by atoms with van der Waals surface area (Å²) in [5.41, 5.74) is 6.93. The summed E-state index contributed by atoms with van der Waals surface area (Å²) < 4.78 is 41.4. The van der Waals surface area contributed by atoms with Gasteiger partial charge in [0.1, 0.15) is 6.54 Å². The lowest BCUT2D eigenvalue weighted by Gasteiger charge is -2.16. The molecule has 0 aromatic heterocycles. The van der Waals surface area contributed by atoms with Gasteiger partial charge in [-0.1, -0.05) is 36.4 Å². The summed E-state index contributed by atoms with van der Waals surface area (Å²) in [6, 6.07) is 22.3. The molecule has 0 atom stereocenters. The van der Waals surface area contributed by atoms with Crippen LogP contribution in [-0.2, 0) is 5.41 Å². The Labute approximate surface area is 168 Å². The summed E-state index contributed by atoms with van der Waals surface area (Å²) in [5.74, 6) is 0. The molecule has 3 aromatic carbocycles. The van der Waals surface area contributed by atoms with Crippen molar-refractivity contribution in [3.05, 3.63) is 66.2 Å². The standard InChI is InChI=1S/C23H24N.BF4/c1-5-24-16(2)23(3,4)21-15-20(12-13-22(21)24)19-11-10-17-8-6-7-9-18(17)14-19;2-1(3,4)5/h6-15H,5H2,1-4H3;/q+1;-1. The van der Waals surface area contributed by atoms with Gasteiger partial charge in [0.15, 0.2) is 5.71 Å². The predicted molar refractivity (Wildman–Crippen MR) is 114 cm³/mol. The van der Waals surface area contributed by atoms with E-state index >= 15 is 0 Å². The summed E-state index contributed by atoms with van der Waals surface area (Å²) in [6.45, 7) is 10.2. The molecule has 0 saturated carbocycles. The average molecular weight is 401 g/mol. The van der Waals surface area contributed by atoms with Gasteiger partial charge >= 0.3 is 7.25 Å². The maximum atomic E-state index is 9.75. The van der Waals surface area contributed by atoms with Gasteiger partial charge in [0.25, 0.3) is 0 Å². The summed E-state index contributed by atoms with van der Waals surface area (Å²) in [7, 11) is -6.00. The first kappa shape index (κ1) is 21.1. The van der Waals surface area contributed by atoms with E-state index in [1.54, 1.807) is 0 Å². The van der Waals surface area contributed by atoms with Crippen molar-refractivity contribution in [3.63, 3.8) is 0 Å². The van der Waals surface area contributed by atoms with Gasteiger partial charge in [-0.05, 0) is 60.9 Å². The second-order valence-electron chi connectivity index (χ2n) is 7.74. The maximum absolute atomic E-state index is 9.75. The molecule has 1 aliphatic rings. The maximum Gasteiger partial charge on any atom is 0.673 e. The van der Waals surface area contributed by atoms with E-state index in [1.165, 1.54) is 38.9 Å². The second-order valence-corrected chi connectivity index (χ2v) is 7.74. The summed E-state index contributed by atoms with van der Waals surface area (Å²) in [6.07, 6.45) is 0. The largest absolute Gasteiger partial charge is 0.673 e. The fraction of sp³-hybridized carbons (Fsp3) is 0.261. The van der Waals surface area contributed by atoms with Crippen molar-refractivity contribution >= 4 is 29.4 Å². The lowest BCUT2D eigenvalue weighted by atomic mass is 9.81. The van der Waals surface area contributed by atoms with Crippen LogP contribution in [0.5, 0.6) is 0 Å². The van der Waals surface area contributed by atoms with Gasteiger partial charge in [0.05, 0.1) is 5.41 Å². The molecule has 1 aliphatic heterocycles. The lowest BCUT2D eigenvalue weighted by molar-refractivity contribution is -0.434. The molecule has 1 nitrogen and oxygen atoms in total. The van der Waals surface area contributed by atoms with Gasteiger partial charge < -0.3 is 17.3 Å². The van der Waals surface area contributed by atoms with Crippen molar-refractivity contribution in [2.24, 2.45) is 0 Å². The van der Waals surface area contributed by atoms with Crippen LogP contribution in [0, 0.1) is 0 Å². The molecule has 0 saturated heterocycles. The Hall–Kier alpha value is -2.63. The molecule has 4 rings (SSSR count). The zero-order valence-electron chi connectivity index (χ0n) is 17.0. The fourth-order valence-corrected chi connectivity index (χ4v) is 3.94. The topological polar surface area (TPSA) is 3.01 Å². The molecule has 0 amide bonds. The van der Waals surface area contributed by atoms with Gasteiger partial charge in [0.2, 0.25) is 5.69 Å². The summed E-state index contributed by atoms with van der Waals surface area (Å²) >= 11 is 0. The molecule has 1 heterocycles. The highest BCUT2D eigenvalue weighted by atomic mass is 19.5. The SMILES string of the molecule is CC[N+]1=C(C)C(C)(C)c2cc(-c3ccc4ccccc4c3)ccc21.F[B-](F)(F)F. The number of nitrogens with zero attached hydrogens (tertiary/aromatic N) is 1. The predicted octanol–water partition coefficient (Wildman–Crippen LogP) is 7.22. The van der Waals surface area contributed by atoms with E-state index < -0.39 is 7.25 Å². The third-order valence-corrected chi connectivity index (χ3v) is 5.67. The van der Waals surface area contributed by atoms with Crippen molar-refractivity contribution < 1.29 is 21.8 Å². The van der Waals surface area contributed by atoms with Crippen LogP contribution >= 0.6 is 0 Å². The Kier molecular flexibility index (Phi) is 5.57. The van der Waals surface area contributed by atoms with Crippen LogP contribution in [-0.4, -0.2) is 24.1 Å². The zero-order valence-corrected chi connectivity index (χ0v) is 17.0. The zero-order chi connectivity index (χ0) is 21.4. The highest BCUT2D eigenvalue weighted by molar-refractivity contribution is 6.50. The Balaban J connectivity index is 0.000000431. The highest BCUT2D eigenvalue weighted by Gasteiger charge is 2.42. The Morgan fingerprint density at radius 2 is 1.38 bits per heavy atom. The number of fused-ring (bicyclic) bond motifs is 2. The van der Waals surface area contributed by atoms with Gasteiger partial charge in [-0.15, -0.1) is 0 Å². The van der Waals surface area contributed by atoms with E-state index in [0.29, 0.717) is 0 Å². The van der Waals surface area contributed by atoms with Gasteiger partial charge in [-0.2, -0.15) is 4.58 Å². The summed E-state index contributed by atoms with van der Waals surface area (Å²) in [4.78, 5) is 0. The molecule has 6 heteroatoms. The van der Waals surface area contributed by atoms with Crippen LogP contribution in [0.1, 0.15) is 33.3 Å². The number of hydrogen-bond donors (Lipinski definition) is 0. The van der Waals surface area contributed by atoms with Crippen molar-refractivity contribution in [2.75, 3.05) is 6.54 Å². The minimum atomic E-state index is -6.00. The molecule has 0 aliphatic carbocycles. The molecule has 0 fully saturated rings. The third-order valence-electron chi connectivity index (χ3n) is 5.67. The smallest absolute Gasteiger partial charge is 0.418 e. The lowest BCUT2D eigenvalue weighted by Crippen LogP contribution is -2.26. The minimum absolute atomic E-state index is 0.0954. The van der Waals surface area contributed by atoms with E-state index in [4.69, 9.17) is 0 Å². The van der Waals surface area contributed by atoms with E-state index in [0.717, 1.165) is 6.54 Å². The van der Waals surface area contributed by atoms with Crippen LogP contribution in [0.25, 0.3) is 21.9 Å². The Bertz CT molecular complexity index is 1080. The van der Waals surface area contributed by atoms with Gasteiger partial charge in [-0.3, -0.25) is 0 Å². The highest BCUT2D eigenvalue weighted by Crippen LogP contribution is 2.41. The number of benzene rings is 3. The number of rotatable bonds is 2. The third kappa shape index (κ3) is 4.36. The van der Waals surface area contributed by atoms with Crippen LogP contribution in [0.2, 0.25) is 0 Å². The van der Waals surface area contributed by atoms with E-state index in [9.17, 15) is 17.3 Å². The molecule has 0 radical (unpaired) electrons. The van der Waals surface area contributed by atoms with Gasteiger partial charge in [-0.25, -0.2) is 0 Å². The molecule has 0 spiro atoms. The molecular formula is C23H24BF4N. The van der Waals surface area contributed by atoms with Crippen LogP contribution in [0.4, 0.5) is 23.0 Å². The monoisotopic (exact) mass is 401 g/mol. The second kappa shape index (κ2) is 7.66. The fourth-order valence-electron chi connectivity index (χ4n) is 3.94. The van der Waals surface area contributed by atoms with E-state index in [-0.39, 0.29) is 5.41 Å². The van der Waals surface area contributed by atoms with Gasteiger partial charge in [0, 0.05) is 18.6 Å². The van der Waals surface area contributed by atoms with Crippen molar-refractivity contribution in [1.29, 1.82) is 0 Å². The first-order valence-corrected chi connectivity index (χ1v) is 9.65. The molecular weight excluding hydrogens is 377 g/mol. The molecule has 0 bridgehead atoms. The first-order valence-electron chi connectivity index (χ1n) is 9.65. The van der Waals surface area contributed by atoms with E-state index in [2.05, 4.69) is 92.9 Å². The first-order chi connectivity index (χ1) is 13.5. The van der Waals surface area contributed by atoms with Crippen LogP contribution < -0.4 is 0 Å².